The van der Waals surface area contributed by atoms with Crippen LogP contribution in [0.15, 0.2) is 85.2 Å². The summed E-state index contributed by atoms with van der Waals surface area (Å²) < 4.78 is 10.7. The Kier molecular flexibility index (Phi) is 8.35. The Morgan fingerprint density at radius 3 is 2.50 bits per heavy atom. The molecular weight excluding hydrogens is 448 g/mol. The Labute approximate surface area is 212 Å². The third-order valence-corrected chi connectivity index (χ3v) is 6.27. The lowest BCUT2D eigenvalue weighted by Crippen LogP contribution is -2.31. The Hall–Kier alpha value is -4.12. The van der Waals surface area contributed by atoms with E-state index >= 15 is 0 Å². The summed E-state index contributed by atoms with van der Waals surface area (Å²) in [4.78, 5) is 16.9. The number of carbonyl (C=O) groups excluding carboxylic acids is 1. The van der Waals surface area contributed by atoms with E-state index in [-0.39, 0.29) is 11.9 Å². The van der Waals surface area contributed by atoms with Crippen LogP contribution in [0.2, 0.25) is 0 Å². The summed E-state index contributed by atoms with van der Waals surface area (Å²) in [6, 6.07) is 22.3. The van der Waals surface area contributed by atoms with Crippen molar-refractivity contribution in [1.82, 2.24) is 10.3 Å². The van der Waals surface area contributed by atoms with Crippen molar-refractivity contribution < 1.29 is 14.3 Å². The molecule has 0 spiro atoms. The molecule has 4 rings (SSSR count). The molecule has 4 aromatic rings. The number of benzene rings is 3. The van der Waals surface area contributed by atoms with E-state index in [2.05, 4.69) is 28.5 Å². The highest BCUT2D eigenvalue weighted by Gasteiger charge is 2.11. The lowest BCUT2D eigenvalue weighted by molar-refractivity contribution is -0.117. The number of methoxy groups -OCH3 is 2. The minimum atomic E-state index is -0.0978. The zero-order chi connectivity index (χ0) is 25.3. The molecule has 1 amide bonds. The van der Waals surface area contributed by atoms with E-state index in [1.54, 1.807) is 26.5 Å². The number of fused-ring (bicyclic) bond motifs is 1. The molecule has 184 valence electrons. The van der Waals surface area contributed by atoms with Crippen LogP contribution in [0, 0.1) is 0 Å². The SMILES string of the molecule is COc1ccc(-c2c(/C=C/C(=O)N[C@H](C)CCCc3cccnc3)ccc3cc(OC)ccc23)cc1. The standard InChI is InChI=1S/C31H32N2O3/c1-22(6-4-7-23-8-5-19-32-21-23)33-30(34)18-13-24-9-10-26-20-28(36-3)16-17-29(26)31(24)25-11-14-27(35-2)15-12-25/h5,8-22H,4,6-7H2,1-3H3,(H,33,34)/b18-13+/t22-/m1/s1. The van der Waals surface area contributed by atoms with Gasteiger partial charge >= 0.3 is 0 Å². The summed E-state index contributed by atoms with van der Waals surface area (Å²) in [5, 5.41) is 5.25. The van der Waals surface area contributed by atoms with E-state index < -0.39 is 0 Å². The molecule has 1 N–H and O–H groups in total. The van der Waals surface area contributed by atoms with Crippen LogP contribution in [0.3, 0.4) is 0 Å². The van der Waals surface area contributed by atoms with E-state index in [0.29, 0.717) is 0 Å². The molecule has 0 fully saturated rings. The maximum atomic E-state index is 12.7. The van der Waals surface area contributed by atoms with Crippen molar-refractivity contribution in [3.05, 3.63) is 96.3 Å². The lowest BCUT2D eigenvalue weighted by Gasteiger charge is -2.14. The molecule has 0 saturated carbocycles. The smallest absolute Gasteiger partial charge is 0.244 e. The van der Waals surface area contributed by atoms with Gasteiger partial charge < -0.3 is 14.8 Å². The van der Waals surface area contributed by atoms with Gasteiger partial charge in [-0.2, -0.15) is 0 Å². The first kappa shape index (κ1) is 25.0. The van der Waals surface area contributed by atoms with Gasteiger partial charge in [0.25, 0.3) is 0 Å². The van der Waals surface area contributed by atoms with E-state index in [9.17, 15) is 4.79 Å². The second-order valence-corrected chi connectivity index (χ2v) is 8.84. The first-order valence-electron chi connectivity index (χ1n) is 12.2. The maximum absolute atomic E-state index is 12.7. The van der Waals surface area contributed by atoms with E-state index in [1.807, 2.05) is 67.7 Å². The van der Waals surface area contributed by atoms with Gasteiger partial charge in [0.2, 0.25) is 5.91 Å². The van der Waals surface area contributed by atoms with Gasteiger partial charge in [0.1, 0.15) is 11.5 Å². The normalized spacial score (nSPS) is 12.0. The van der Waals surface area contributed by atoms with E-state index in [0.717, 1.165) is 58.2 Å². The molecular formula is C31H32N2O3. The second kappa shape index (κ2) is 12.0. The zero-order valence-electron chi connectivity index (χ0n) is 21.0. The van der Waals surface area contributed by atoms with Crippen LogP contribution < -0.4 is 14.8 Å². The van der Waals surface area contributed by atoms with Gasteiger partial charge in [-0.1, -0.05) is 36.4 Å². The van der Waals surface area contributed by atoms with Gasteiger partial charge in [-0.25, -0.2) is 0 Å². The number of carbonyl (C=O) groups is 1. The third-order valence-electron chi connectivity index (χ3n) is 6.27. The first-order chi connectivity index (χ1) is 17.6. The summed E-state index contributed by atoms with van der Waals surface area (Å²) in [5.41, 5.74) is 4.30. The fraction of sp³-hybridized carbons (Fsp3) is 0.226. The summed E-state index contributed by atoms with van der Waals surface area (Å²) in [5.74, 6) is 1.51. The van der Waals surface area contributed by atoms with Crippen LogP contribution >= 0.6 is 0 Å². The molecule has 0 unspecified atom stereocenters. The second-order valence-electron chi connectivity index (χ2n) is 8.84. The molecule has 0 aliphatic heterocycles. The highest BCUT2D eigenvalue weighted by atomic mass is 16.5. The van der Waals surface area contributed by atoms with Crippen LogP contribution in [0.25, 0.3) is 28.0 Å². The summed E-state index contributed by atoms with van der Waals surface area (Å²) >= 11 is 0. The van der Waals surface area contributed by atoms with Gasteiger partial charge in [0.05, 0.1) is 14.2 Å². The molecule has 1 atom stereocenters. The Morgan fingerprint density at radius 2 is 1.78 bits per heavy atom. The number of nitrogens with zero attached hydrogens (tertiary/aromatic N) is 1. The number of hydrogen-bond acceptors (Lipinski definition) is 4. The van der Waals surface area contributed by atoms with Crippen molar-refractivity contribution in [2.24, 2.45) is 0 Å². The molecule has 36 heavy (non-hydrogen) atoms. The molecule has 0 aliphatic carbocycles. The van der Waals surface area contributed by atoms with Crippen LogP contribution in [-0.4, -0.2) is 31.2 Å². The van der Waals surface area contributed by atoms with Gasteiger partial charge in [-0.05, 0) is 95.6 Å². The van der Waals surface area contributed by atoms with Crippen LogP contribution in [-0.2, 0) is 11.2 Å². The van der Waals surface area contributed by atoms with Crippen molar-refractivity contribution in [3.63, 3.8) is 0 Å². The number of nitrogens with one attached hydrogen (secondary N) is 1. The van der Waals surface area contributed by atoms with E-state index in [4.69, 9.17) is 9.47 Å². The first-order valence-corrected chi connectivity index (χ1v) is 12.2. The summed E-state index contributed by atoms with van der Waals surface area (Å²) in [6.07, 6.45) is 10.0. The minimum Gasteiger partial charge on any atom is -0.497 e. The average Bonchev–Trinajstić information content (AvgIpc) is 2.92. The molecule has 5 heteroatoms. The fourth-order valence-electron chi connectivity index (χ4n) is 4.36. The molecule has 5 nitrogen and oxygen atoms in total. The Morgan fingerprint density at radius 1 is 1.00 bits per heavy atom. The number of ether oxygens (including phenoxy) is 2. The average molecular weight is 481 g/mol. The van der Waals surface area contributed by atoms with Crippen LogP contribution in [0.4, 0.5) is 0 Å². The van der Waals surface area contributed by atoms with Crippen molar-refractivity contribution >= 4 is 22.8 Å². The van der Waals surface area contributed by atoms with Crippen LogP contribution in [0.5, 0.6) is 11.5 Å². The number of rotatable bonds is 10. The van der Waals surface area contributed by atoms with E-state index in [1.165, 1.54) is 5.56 Å². The number of hydrogen-bond donors (Lipinski definition) is 1. The quantitative estimate of drug-likeness (QED) is 0.265. The number of aromatic nitrogens is 1. The molecule has 0 bridgehead atoms. The predicted molar refractivity (Wildman–Crippen MR) is 146 cm³/mol. The fourth-order valence-corrected chi connectivity index (χ4v) is 4.36. The molecule has 3 aromatic carbocycles. The van der Waals surface area contributed by atoms with Gasteiger partial charge in [0.15, 0.2) is 0 Å². The molecule has 1 heterocycles. The van der Waals surface area contributed by atoms with Crippen molar-refractivity contribution in [2.75, 3.05) is 14.2 Å². The zero-order valence-corrected chi connectivity index (χ0v) is 21.0. The van der Waals surface area contributed by atoms with Crippen molar-refractivity contribution in [1.29, 1.82) is 0 Å². The maximum Gasteiger partial charge on any atom is 0.244 e. The largest absolute Gasteiger partial charge is 0.497 e. The van der Waals surface area contributed by atoms with Gasteiger partial charge in [0, 0.05) is 24.5 Å². The Balaban J connectivity index is 1.51. The molecule has 0 radical (unpaired) electrons. The topological polar surface area (TPSA) is 60.5 Å². The Bertz CT molecular complexity index is 1330. The molecule has 1 aromatic heterocycles. The number of pyridine rings is 1. The highest BCUT2D eigenvalue weighted by Crippen LogP contribution is 2.35. The lowest BCUT2D eigenvalue weighted by atomic mass is 9.92. The molecule has 0 aliphatic rings. The van der Waals surface area contributed by atoms with Crippen molar-refractivity contribution in [2.45, 2.75) is 32.2 Å². The monoisotopic (exact) mass is 480 g/mol. The minimum absolute atomic E-state index is 0.0870. The third kappa shape index (κ3) is 6.30. The summed E-state index contributed by atoms with van der Waals surface area (Å²) in [6.45, 7) is 2.04. The number of aryl methyl sites for hydroxylation is 1. The van der Waals surface area contributed by atoms with Crippen molar-refractivity contribution in [3.8, 4) is 22.6 Å². The highest BCUT2D eigenvalue weighted by molar-refractivity contribution is 6.03. The predicted octanol–water partition coefficient (Wildman–Crippen LogP) is 6.46. The molecule has 0 saturated heterocycles. The number of amides is 1. The van der Waals surface area contributed by atoms with Gasteiger partial charge in [-0.15, -0.1) is 0 Å². The van der Waals surface area contributed by atoms with Gasteiger partial charge in [-0.3, -0.25) is 9.78 Å². The summed E-state index contributed by atoms with van der Waals surface area (Å²) in [7, 11) is 3.33. The van der Waals surface area contributed by atoms with Crippen LogP contribution in [0.1, 0.15) is 30.9 Å².